The Morgan fingerprint density at radius 1 is 1.24 bits per heavy atom. The molecule has 0 bridgehead atoms. The van der Waals surface area contributed by atoms with Gasteiger partial charge in [-0.1, -0.05) is 18.4 Å². The minimum atomic E-state index is -0.163. The van der Waals surface area contributed by atoms with Gasteiger partial charge in [-0.05, 0) is 30.9 Å². The van der Waals surface area contributed by atoms with Gasteiger partial charge in [-0.2, -0.15) is 0 Å². The first-order chi connectivity index (χ1) is 10.2. The van der Waals surface area contributed by atoms with Crippen LogP contribution in [0.2, 0.25) is 0 Å². The first-order valence-electron chi connectivity index (χ1n) is 7.17. The summed E-state index contributed by atoms with van der Waals surface area (Å²) in [6, 6.07) is 5.12. The van der Waals surface area contributed by atoms with Gasteiger partial charge in [0, 0.05) is 6.42 Å². The number of imide groups is 1. The number of pyridine rings is 1. The smallest absolute Gasteiger partial charge is 0.238 e. The van der Waals surface area contributed by atoms with E-state index in [1.54, 1.807) is 18.2 Å². The zero-order chi connectivity index (χ0) is 14.8. The van der Waals surface area contributed by atoms with E-state index in [1.165, 1.54) is 4.90 Å². The van der Waals surface area contributed by atoms with Crippen LogP contribution in [0, 0.1) is 23.7 Å². The number of aliphatic hydroxyl groups is 1. The van der Waals surface area contributed by atoms with Crippen LogP contribution in [-0.2, 0) is 9.59 Å². The van der Waals surface area contributed by atoms with E-state index in [0.717, 1.165) is 19.3 Å². The lowest BCUT2D eigenvalue weighted by atomic mass is 10.00. The summed E-state index contributed by atoms with van der Waals surface area (Å²) in [6.45, 7) is -0.000846. The summed E-state index contributed by atoms with van der Waals surface area (Å²) in [6.07, 6.45) is 2.90. The van der Waals surface area contributed by atoms with Crippen molar-refractivity contribution in [2.24, 2.45) is 11.8 Å². The summed E-state index contributed by atoms with van der Waals surface area (Å²) in [5, 5.41) is 8.71. The van der Waals surface area contributed by atoms with E-state index >= 15 is 0 Å². The lowest BCUT2D eigenvalue weighted by molar-refractivity contribution is -0.122. The Bertz CT molecular complexity index is 622. The number of aromatic nitrogens is 1. The minimum absolute atomic E-state index is 0.000846. The van der Waals surface area contributed by atoms with Gasteiger partial charge in [-0.3, -0.25) is 9.59 Å². The Morgan fingerprint density at radius 2 is 1.95 bits per heavy atom. The zero-order valence-electron chi connectivity index (χ0n) is 11.6. The number of aliphatic hydroxyl groups excluding tert-OH is 1. The number of carbonyl (C=O) groups is 2. The molecule has 2 aliphatic rings. The zero-order valence-corrected chi connectivity index (χ0v) is 11.6. The highest BCUT2D eigenvalue weighted by atomic mass is 16.3. The van der Waals surface area contributed by atoms with Gasteiger partial charge in [0.2, 0.25) is 11.8 Å². The molecule has 1 saturated carbocycles. The second-order valence-electron chi connectivity index (χ2n) is 5.31. The van der Waals surface area contributed by atoms with Crippen LogP contribution in [0.3, 0.4) is 0 Å². The molecule has 1 aromatic heterocycles. The van der Waals surface area contributed by atoms with Gasteiger partial charge >= 0.3 is 0 Å². The summed E-state index contributed by atoms with van der Waals surface area (Å²) in [5.74, 6) is 5.37. The first-order valence-corrected chi connectivity index (χ1v) is 7.17. The van der Waals surface area contributed by atoms with Crippen LogP contribution in [0.25, 0.3) is 0 Å². The third kappa shape index (κ3) is 2.43. The van der Waals surface area contributed by atoms with Crippen LogP contribution in [0.15, 0.2) is 18.2 Å². The van der Waals surface area contributed by atoms with Crippen molar-refractivity contribution in [3.05, 3.63) is 23.9 Å². The molecule has 21 heavy (non-hydrogen) atoms. The predicted octanol–water partition coefficient (Wildman–Crippen LogP) is 1.10. The van der Waals surface area contributed by atoms with Crippen molar-refractivity contribution < 1.29 is 14.7 Å². The van der Waals surface area contributed by atoms with E-state index in [-0.39, 0.29) is 30.3 Å². The van der Waals surface area contributed by atoms with Gasteiger partial charge in [0.05, 0.1) is 18.4 Å². The number of rotatable bonds is 2. The molecule has 1 aliphatic heterocycles. The molecule has 1 aliphatic carbocycles. The number of amides is 2. The van der Waals surface area contributed by atoms with Crippen molar-refractivity contribution in [3.8, 4) is 11.8 Å². The first kappa shape index (κ1) is 13.8. The summed E-state index contributed by atoms with van der Waals surface area (Å²) in [7, 11) is 0. The molecule has 2 atom stereocenters. The lowest BCUT2D eigenvalue weighted by Crippen LogP contribution is -2.32. The van der Waals surface area contributed by atoms with Crippen molar-refractivity contribution >= 4 is 17.6 Å². The van der Waals surface area contributed by atoms with Crippen LogP contribution in [-0.4, -0.2) is 28.5 Å². The van der Waals surface area contributed by atoms with E-state index in [1.807, 2.05) is 0 Å². The van der Waals surface area contributed by atoms with Crippen LogP contribution < -0.4 is 4.90 Å². The Balaban J connectivity index is 1.88. The van der Waals surface area contributed by atoms with Gasteiger partial charge in [-0.25, -0.2) is 9.88 Å². The van der Waals surface area contributed by atoms with E-state index in [4.69, 9.17) is 5.11 Å². The second-order valence-corrected chi connectivity index (χ2v) is 5.31. The van der Waals surface area contributed by atoms with Gasteiger partial charge in [0.15, 0.2) is 0 Å². The molecule has 0 spiro atoms. The highest BCUT2D eigenvalue weighted by Crippen LogP contribution is 2.41. The van der Waals surface area contributed by atoms with Crippen molar-refractivity contribution in [2.75, 3.05) is 11.5 Å². The van der Waals surface area contributed by atoms with Crippen LogP contribution in [0.4, 0.5) is 5.82 Å². The molecule has 108 valence electrons. The molecule has 2 heterocycles. The Kier molecular flexibility index (Phi) is 3.72. The molecular weight excluding hydrogens is 268 g/mol. The van der Waals surface area contributed by atoms with E-state index in [9.17, 15) is 9.59 Å². The average Bonchev–Trinajstić information content (AvgIpc) is 3.05. The van der Waals surface area contributed by atoms with Crippen molar-refractivity contribution in [1.82, 2.24) is 4.98 Å². The van der Waals surface area contributed by atoms with Crippen molar-refractivity contribution in [1.29, 1.82) is 0 Å². The van der Waals surface area contributed by atoms with Gasteiger partial charge in [0.25, 0.3) is 0 Å². The van der Waals surface area contributed by atoms with Crippen LogP contribution in [0.5, 0.6) is 0 Å². The Labute approximate surface area is 123 Å². The van der Waals surface area contributed by atoms with Gasteiger partial charge in [-0.15, -0.1) is 0 Å². The highest BCUT2D eigenvalue weighted by Gasteiger charge is 2.50. The number of anilines is 1. The van der Waals surface area contributed by atoms with Gasteiger partial charge < -0.3 is 5.11 Å². The molecule has 0 radical (unpaired) electrons. The van der Waals surface area contributed by atoms with Crippen LogP contribution in [0.1, 0.15) is 31.4 Å². The number of hydrogen-bond donors (Lipinski definition) is 1. The molecule has 5 heteroatoms. The Morgan fingerprint density at radius 3 is 2.62 bits per heavy atom. The SMILES string of the molecule is O=C1C2CCCC2C(=O)N1c1cccc(C#CCCO)n1. The maximum Gasteiger partial charge on any atom is 0.238 e. The summed E-state index contributed by atoms with van der Waals surface area (Å²) in [4.78, 5) is 30.2. The standard InChI is InChI=1S/C16H16N2O3/c19-10-2-1-5-11-6-3-9-14(17-11)18-15(20)12-7-4-8-13(12)16(18)21/h3,6,9,12-13,19H,2,4,7-8,10H2. The molecular formula is C16H16N2O3. The molecule has 3 rings (SSSR count). The maximum atomic E-state index is 12.4. The monoisotopic (exact) mass is 284 g/mol. The molecule has 2 unspecified atom stereocenters. The second kappa shape index (κ2) is 5.66. The predicted molar refractivity (Wildman–Crippen MR) is 76.1 cm³/mol. The normalized spacial score (nSPS) is 24.0. The lowest BCUT2D eigenvalue weighted by Gasteiger charge is -2.14. The fraction of sp³-hybridized carbons (Fsp3) is 0.438. The molecule has 1 aromatic rings. The van der Waals surface area contributed by atoms with E-state index in [2.05, 4.69) is 16.8 Å². The van der Waals surface area contributed by atoms with Crippen LogP contribution >= 0.6 is 0 Å². The summed E-state index contributed by atoms with van der Waals surface area (Å²) in [5.41, 5.74) is 0.499. The highest BCUT2D eigenvalue weighted by molar-refractivity contribution is 6.21. The largest absolute Gasteiger partial charge is 0.395 e. The third-order valence-corrected chi connectivity index (χ3v) is 4.01. The summed E-state index contributed by atoms with van der Waals surface area (Å²) < 4.78 is 0. The molecule has 0 aromatic carbocycles. The third-order valence-electron chi connectivity index (χ3n) is 4.01. The van der Waals surface area contributed by atoms with Gasteiger partial charge in [0.1, 0.15) is 11.5 Å². The molecule has 2 amide bonds. The number of carbonyl (C=O) groups excluding carboxylic acids is 2. The fourth-order valence-corrected chi connectivity index (χ4v) is 3.04. The fourth-order valence-electron chi connectivity index (χ4n) is 3.04. The molecule has 5 nitrogen and oxygen atoms in total. The number of hydrogen-bond acceptors (Lipinski definition) is 4. The number of fused-ring (bicyclic) bond motifs is 1. The van der Waals surface area contributed by atoms with E-state index < -0.39 is 0 Å². The minimum Gasteiger partial charge on any atom is -0.395 e. The molecule has 1 saturated heterocycles. The topological polar surface area (TPSA) is 70.5 Å². The van der Waals surface area contributed by atoms with Crippen molar-refractivity contribution in [3.63, 3.8) is 0 Å². The average molecular weight is 284 g/mol. The number of nitrogens with zero attached hydrogens (tertiary/aromatic N) is 2. The summed E-state index contributed by atoms with van der Waals surface area (Å²) >= 11 is 0. The molecule has 1 N–H and O–H groups in total. The molecule has 2 fully saturated rings. The van der Waals surface area contributed by atoms with Crippen molar-refractivity contribution in [2.45, 2.75) is 25.7 Å². The Hall–Kier alpha value is -2.19. The van der Waals surface area contributed by atoms with E-state index in [0.29, 0.717) is 17.9 Å². The maximum absolute atomic E-state index is 12.4. The quantitative estimate of drug-likeness (QED) is 0.652.